The number of aryl methyl sites for hydroxylation is 1. The minimum Gasteiger partial charge on any atom is -0.384 e. The largest absolute Gasteiger partial charge is 0.384 e. The van der Waals surface area contributed by atoms with Gasteiger partial charge in [-0.2, -0.15) is 0 Å². The van der Waals surface area contributed by atoms with E-state index >= 15 is 0 Å². The summed E-state index contributed by atoms with van der Waals surface area (Å²) in [5.41, 5.74) is 6.82. The molecule has 0 bridgehead atoms. The normalized spacial score (nSPS) is 10.1. The van der Waals surface area contributed by atoms with Gasteiger partial charge < -0.3 is 5.73 Å². The van der Waals surface area contributed by atoms with Crippen molar-refractivity contribution in [3.05, 3.63) is 23.9 Å². The molecule has 1 rings (SSSR count). The highest BCUT2D eigenvalue weighted by Gasteiger charge is 1.93. The van der Waals surface area contributed by atoms with Gasteiger partial charge in [0.25, 0.3) is 0 Å². The van der Waals surface area contributed by atoms with Gasteiger partial charge in [0, 0.05) is 11.5 Å². The van der Waals surface area contributed by atoms with Gasteiger partial charge in [0.2, 0.25) is 0 Å². The number of nitrogens with two attached hydrogens (primary N) is 1. The van der Waals surface area contributed by atoms with Crippen LogP contribution in [-0.4, -0.2) is 10.3 Å². The Morgan fingerprint density at radius 3 is 2.92 bits per heavy atom. The van der Waals surface area contributed by atoms with Crippen LogP contribution in [0.1, 0.15) is 18.4 Å². The van der Waals surface area contributed by atoms with Gasteiger partial charge in [0.15, 0.2) is 0 Å². The fourth-order valence-corrected chi connectivity index (χ4v) is 1.47. The van der Waals surface area contributed by atoms with Crippen LogP contribution in [0.3, 0.4) is 0 Å². The van der Waals surface area contributed by atoms with Crippen LogP contribution >= 0.6 is 15.9 Å². The number of alkyl halides is 1. The molecule has 0 aromatic carbocycles. The van der Waals surface area contributed by atoms with Crippen molar-refractivity contribution >= 4 is 21.7 Å². The third kappa shape index (κ3) is 3.22. The molecule has 0 saturated heterocycles. The molecule has 0 aliphatic carbocycles. The average Bonchev–Trinajstić information content (AvgIpc) is 2.05. The third-order valence-corrected chi connectivity index (χ3v) is 2.26. The quantitative estimate of drug-likeness (QED) is 0.635. The van der Waals surface area contributed by atoms with E-state index in [1.165, 1.54) is 18.4 Å². The second kappa shape index (κ2) is 5.14. The first-order valence-corrected chi connectivity index (χ1v) is 5.21. The zero-order valence-electron chi connectivity index (χ0n) is 6.96. The number of nitrogens with zero attached hydrogens (tertiary/aromatic N) is 1. The van der Waals surface area contributed by atoms with Crippen LogP contribution in [0.15, 0.2) is 18.3 Å². The molecule has 0 radical (unpaired) electrons. The highest BCUT2D eigenvalue weighted by atomic mass is 79.9. The lowest BCUT2D eigenvalue weighted by molar-refractivity contribution is 0.805. The molecule has 0 spiro atoms. The molecular weight excluding hydrogens is 216 g/mol. The summed E-state index contributed by atoms with van der Waals surface area (Å²) in [6.45, 7) is 0. The molecule has 2 N–H and O–H groups in total. The maximum Gasteiger partial charge on any atom is 0.123 e. The summed E-state index contributed by atoms with van der Waals surface area (Å²) in [6, 6.07) is 3.96. The van der Waals surface area contributed by atoms with Gasteiger partial charge >= 0.3 is 0 Å². The predicted octanol–water partition coefficient (Wildman–Crippen LogP) is 2.38. The van der Waals surface area contributed by atoms with Crippen molar-refractivity contribution in [2.75, 3.05) is 11.1 Å². The SMILES string of the molecule is Nc1cc(CCCCBr)ccn1. The van der Waals surface area contributed by atoms with Gasteiger partial charge in [-0.1, -0.05) is 15.9 Å². The van der Waals surface area contributed by atoms with E-state index < -0.39 is 0 Å². The first kappa shape index (κ1) is 9.52. The van der Waals surface area contributed by atoms with Crippen molar-refractivity contribution in [3.63, 3.8) is 0 Å². The Labute approximate surface area is 81.3 Å². The molecular formula is C9H13BrN2. The number of unbranched alkanes of at least 4 members (excludes halogenated alkanes) is 1. The van der Waals surface area contributed by atoms with E-state index in [1.54, 1.807) is 6.20 Å². The topological polar surface area (TPSA) is 38.9 Å². The van der Waals surface area contributed by atoms with Crippen LogP contribution in [0.4, 0.5) is 5.82 Å². The van der Waals surface area contributed by atoms with E-state index in [-0.39, 0.29) is 0 Å². The number of rotatable bonds is 4. The van der Waals surface area contributed by atoms with Gasteiger partial charge in [0.05, 0.1) is 0 Å². The number of aromatic nitrogens is 1. The average molecular weight is 229 g/mol. The summed E-state index contributed by atoms with van der Waals surface area (Å²) in [4.78, 5) is 3.94. The summed E-state index contributed by atoms with van der Waals surface area (Å²) >= 11 is 3.40. The van der Waals surface area contributed by atoms with Crippen molar-refractivity contribution in [3.8, 4) is 0 Å². The fourth-order valence-electron chi connectivity index (χ4n) is 1.07. The van der Waals surface area contributed by atoms with Crippen LogP contribution in [0.5, 0.6) is 0 Å². The molecule has 0 aliphatic rings. The number of pyridine rings is 1. The number of halogens is 1. The maximum atomic E-state index is 5.54. The van der Waals surface area contributed by atoms with Crippen molar-refractivity contribution in [2.45, 2.75) is 19.3 Å². The fraction of sp³-hybridized carbons (Fsp3) is 0.444. The first-order chi connectivity index (χ1) is 5.83. The molecule has 12 heavy (non-hydrogen) atoms. The monoisotopic (exact) mass is 228 g/mol. The molecule has 66 valence electrons. The Morgan fingerprint density at radius 2 is 2.25 bits per heavy atom. The molecule has 0 saturated carbocycles. The lowest BCUT2D eigenvalue weighted by Crippen LogP contribution is -1.92. The molecule has 2 nitrogen and oxygen atoms in total. The van der Waals surface area contributed by atoms with Crippen LogP contribution in [0.2, 0.25) is 0 Å². The lowest BCUT2D eigenvalue weighted by atomic mass is 10.1. The van der Waals surface area contributed by atoms with E-state index in [0.29, 0.717) is 5.82 Å². The Bertz CT molecular complexity index is 238. The second-order valence-electron chi connectivity index (χ2n) is 2.74. The van der Waals surface area contributed by atoms with Gasteiger partial charge in [-0.15, -0.1) is 0 Å². The number of hydrogen-bond donors (Lipinski definition) is 1. The van der Waals surface area contributed by atoms with Crippen molar-refractivity contribution < 1.29 is 0 Å². The van der Waals surface area contributed by atoms with Gasteiger partial charge in [-0.25, -0.2) is 4.98 Å². The van der Waals surface area contributed by atoms with Crippen molar-refractivity contribution in [1.82, 2.24) is 4.98 Å². The highest BCUT2D eigenvalue weighted by molar-refractivity contribution is 9.09. The van der Waals surface area contributed by atoms with Crippen molar-refractivity contribution in [2.24, 2.45) is 0 Å². The summed E-state index contributed by atoms with van der Waals surface area (Å²) in [6.07, 6.45) is 5.27. The van der Waals surface area contributed by atoms with Gasteiger partial charge in [-0.05, 0) is 37.0 Å². The number of hydrogen-bond acceptors (Lipinski definition) is 2. The van der Waals surface area contributed by atoms with E-state index in [4.69, 9.17) is 5.73 Å². The molecule has 0 unspecified atom stereocenters. The van der Waals surface area contributed by atoms with Gasteiger partial charge in [-0.3, -0.25) is 0 Å². The summed E-state index contributed by atoms with van der Waals surface area (Å²) in [5.74, 6) is 0.617. The zero-order valence-corrected chi connectivity index (χ0v) is 8.55. The first-order valence-electron chi connectivity index (χ1n) is 4.09. The Balaban J connectivity index is 2.41. The molecule has 0 amide bonds. The minimum atomic E-state index is 0.617. The van der Waals surface area contributed by atoms with E-state index in [0.717, 1.165) is 11.8 Å². The van der Waals surface area contributed by atoms with Crippen LogP contribution < -0.4 is 5.73 Å². The van der Waals surface area contributed by atoms with Crippen LogP contribution in [0, 0.1) is 0 Å². The molecule has 1 aromatic rings. The van der Waals surface area contributed by atoms with E-state index in [1.807, 2.05) is 12.1 Å². The molecule has 3 heteroatoms. The number of nitrogen functional groups attached to an aromatic ring is 1. The number of anilines is 1. The highest BCUT2D eigenvalue weighted by Crippen LogP contribution is 2.07. The lowest BCUT2D eigenvalue weighted by Gasteiger charge is -1.99. The molecule has 0 atom stereocenters. The summed E-state index contributed by atoms with van der Waals surface area (Å²) in [7, 11) is 0. The van der Waals surface area contributed by atoms with Gasteiger partial charge in [0.1, 0.15) is 5.82 Å². The van der Waals surface area contributed by atoms with Crippen molar-refractivity contribution in [1.29, 1.82) is 0 Å². The Morgan fingerprint density at radius 1 is 1.42 bits per heavy atom. The predicted molar refractivity (Wildman–Crippen MR) is 55.4 cm³/mol. The molecule has 0 aliphatic heterocycles. The van der Waals surface area contributed by atoms with Crippen LogP contribution in [-0.2, 0) is 6.42 Å². The van der Waals surface area contributed by atoms with Crippen LogP contribution in [0.25, 0.3) is 0 Å². The Hall–Kier alpha value is -0.570. The molecule has 1 heterocycles. The summed E-state index contributed by atoms with van der Waals surface area (Å²) < 4.78 is 0. The van der Waals surface area contributed by atoms with E-state index in [9.17, 15) is 0 Å². The third-order valence-electron chi connectivity index (χ3n) is 1.69. The molecule has 1 aromatic heterocycles. The minimum absolute atomic E-state index is 0.617. The standard InChI is InChI=1S/C9H13BrN2/c10-5-2-1-3-8-4-6-12-9(11)7-8/h4,6-7H,1-3,5H2,(H2,11,12). The zero-order chi connectivity index (χ0) is 8.81. The molecule has 0 fully saturated rings. The second-order valence-corrected chi connectivity index (χ2v) is 3.53. The smallest absolute Gasteiger partial charge is 0.123 e. The summed E-state index contributed by atoms with van der Waals surface area (Å²) in [5, 5.41) is 1.08. The van der Waals surface area contributed by atoms with E-state index in [2.05, 4.69) is 20.9 Å². The Kier molecular flexibility index (Phi) is 4.08. The maximum absolute atomic E-state index is 5.54.